The first-order valence-electron chi connectivity index (χ1n) is 7.55. The molecule has 126 valence electrons. The van der Waals surface area contributed by atoms with Crippen LogP contribution < -0.4 is 16.0 Å². The first-order valence-corrected chi connectivity index (χ1v) is 7.55. The Morgan fingerprint density at radius 3 is 2.40 bits per heavy atom. The summed E-state index contributed by atoms with van der Waals surface area (Å²) in [6, 6.07) is 13.5. The van der Waals surface area contributed by atoms with Crippen LogP contribution in [-0.4, -0.2) is 18.8 Å². The van der Waals surface area contributed by atoms with Gasteiger partial charge in [-0.3, -0.25) is 9.59 Å². The number of hydrogen-bond donors (Lipinski definition) is 1. The number of nitrogens with zero attached hydrogens (tertiary/aromatic N) is 1. The Morgan fingerprint density at radius 2 is 1.80 bits per heavy atom. The van der Waals surface area contributed by atoms with Crippen LogP contribution in [0.5, 0.6) is 5.75 Å². The van der Waals surface area contributed by atoms with Gasteiger partial charge in [0.2, 0.25) is 5.55 Å². The molecule has 0 aliphatic heterocycles. The lowest BCUT2D eigenvalue weighted by Gasteiger charge is -2.04. The molecule has 0 radical (unpaired) electrons. The Kier molecular flexibility index (Phi) is 4.35. The number of rotatable bonds is 4. The van der Waals surface area contributed by atoms with E-state index >= 15 is 0 Å². The van der Waals surface area contributed by atoms with Gasteiger partial charge in [-0.25, -0.2) is 4.99 Å². The van der Waals surface area contributed by atoms with Gasteiger partial charge in [0, 0.05) is 17.0 Å². The minimum Gasteiger partial charge on any atom is -0.497 e. The average molecular weight is 336 g/mol. The van der Waals surface area contributed by atoms with Crippen molar-refractivity contribution in [2.75, 3.05) is 7.11 Å². The lowest BCUT2D eigenvalue weighted by Crippen LogP contribution is -2.21. The highest BCUT2D eigenvalue weighted by Crippen LogP contribution is 2.21. The van der Waals surface area contributed by atoms with Crippen molar-refractivity contribution in [3.63, 3.8) is 0 Å². The van der Waals surface area contributed by atoms with Crippen molar-refractivity contribution in [3.05, 3.63) is 65.2 Å². The fourth-order valence-corrected chi connectivity index (χ4v) is 2.37. The largest absolute Gasteiger partial charge is 0.497 e. The lowest BCUT2D eigenvalue weighted by molar-refractivity contribution is 0.0993. The summed E-state index contributed by atoms with van der Waals surface area (Å²) in [5.74, 6) is -0.0488. The van der Waals surface area contributed by atoms with Crippen molar-refractivity contribution in [3.8, 4) is 5.75 Å². The number of benzene rings is 2. The number of Topliss-reactive ketones (excluding diaryl/α,β-unsaturated/α-hetero) is 1. The van der Waals surface area contributed by atoms with E-state index in [-0.39, 0.29) is 16.9 Å². The van der Waals surface area contributed by atoms with E-state index in [1.165, 1.54) is 6.92 Å². The monoisotopic (exact) mass is 336 g/mol. The number of carbonyl (C=O) groups excluding carboxylic acids is 2. The van der Waals surface area contributed by atoms with Gasteiger partial charge in [0.15, 0.2) is 5.78 Å². The standard InChI is InChI=1S/C19H16N2O4/c1-11(22)12-3-6-14(7-4-12)21-19-16(18(20)23)9-13-5-8-15(24-2)10-17(13)25-19/h3-10H,1-2H3,(H2,20,23). The molecule has 0 saturated carbocycles. The summed E-state index contributed by atoms with van der Waals surface area (Å²) >= 11 is 0. The zero-order valence-electron chi connectivity index (χ0n) is 13.8. The van der Waals surface area contributed by atoms with Crippen molar-refractivity contribution in [2.45, 2.75) is 6.92 Å². The molecule has 1 heterocycles. The second-order valence-electron chi connectivity index (χ2n) is 5.45. The molecule has 0 atom stereocenters. The van der Waals surface area contributed by atoms with Crippen LogP contribution in [0.3, 0.4) is 0 Å². The number of primary amides is 1. The summed E-state index contributed by atoms with van der Waals surface area (Å²) < 4.78 is 10.9. The predicted octanol–water partition coefficient (Wildman–Crippen LogP) is 2.98. The molecular weight excluding hydrogens is 320 g/mol. The Labute approximate surface area is 143 Å². The van der Waals surface area contributed by atoms with Gasteiger partial charge in [0.25, 0.3) is 5.91 Å². The van der Waals surface area contributed by atoms with Crippen LogP contribution in [0.15, 0.2) is 57.9 Å². The SMILES string of the molecule is COc1ccc2cc(C(N)=O)c(=Nc3ccc(C(C)=O)cc3)oc2c1. The quantitative estimate of drug-likeness (QED) is 0.741. The minimum absolute atomic E-state index is 0.0353. The molecule has 0 unspecified atom stereocenters. The fourth-order valence-electron chi connectivity index (χ4n) is 2.37. The summed E-state index contributed by atoms with van der Waals surface area (Å²) in [5, 5.41) is 0.709. The molecule has 0 aliphatic carbocycles. The van der Waals surface area contributed by atoms with Gasteiger partial charge in [0.1, 0.15) is 16.9 Å². The normalized spacial score (nSPS) is 11.5. The van der Waals surface area contributed by atoms with Crippen molar-refractivity contribution in [1.82, 2.24) is 0 Å². The molecule has 1 amide bonds. The Hall–Kier alpha value is -3.41. The van der Waals surface area contributed by atoms with E-state index in [9.17, 15) is 9.59 Å². The zero-order valence-corrected chi connectivity index (χ0v) is 13.8. The highest BCUT2D eigenvalue weighted by molar-refractivity contribution is 5.96. The third kappa shape index (κ3) is 3.42. The van der Waals surface area contributed by atoms with Crippen molar-refractivity contribution >= 4 is 28.3 Å². The van der Waals surface area contributed by atoms with Crippen LogP contribution in [0.25, 0.3) is 11.0 Å². The van der Waals surface area contributed by atoms with Crippen LogP contribution in [0, 0.1) is 0 Å². The molecule has 0 aliphatic rings. The molecule has 3 aromatic rings. The van der Waals surface area contributed by atoms with Crippen molar-refractivity contribution in [1.29, 1.82) is 0 Å². The summed E-state index contributed by atoms with van der Waals surface area (Å²) in [5.41, 5.74) is 7.36. The summed E-state index contributed by atoms with van der Waals surface area (Å²) in [7, 11) is 1.56. The summed E-state index contributed by atoms with van der Waals surface area (Å²) in [6.07, 6.45) is 0. The van der Waals surface area contributed by atoms with Gasteiger partial charge >= 0.3 is 0 Å². The van der Waals surface area contributed by atoms with Crippen LogP contribution in [0.1, 0.15) is 27.6 Å². The molecule has 3 rings (SSSR count). The number of methoxy groups -OCH3 is 1. The van der Waals surface area contributed by atoms with Gasteiger partial charge in [-0.05, 0) is 49.4 Å². The third-order valence-electron chi connectivity index (χ3n) is 3.73. The maximum atomic E-state index is 11.8. The second-order valence-corrected chi connectivity index (χ2v) is 5.45. The molecule has 0 spiro atoms. The van der Waals surface area contributed by atoms with E-state index in [0.717, 1.165) is 0 Å². The Morgan fingerprint density at radius 1 is 1.08 bits per heavy atom. The smallest absolute Gasteiger partial charge is 0.254 e. The van der Waals surface area contributed by atoms with E-state index in [2.05, 4.69) is 4.99 Å². The molecule has 6 nitrogen and oxygen atoms in total. The topological polar surface area (TPSA) is 94.9 Å². The molecule has 2 aromatic carbocycles. The number of ketones is 1. The maximum Gasteiger partial charge on any atom is 0.254 e. The van der Waals surface area contributed by atoms with Crippen molar-refractivity contribution in [2.24, 2.45) is 10.7 Å². The number of fused-ring (bicyclic) bond motifs is 1. The van der Waals surface area contributed by atoms with Gasteiger partial charge < -0.3 is 14.9 Å². The molecule has 1 aromatic heterocycles. The van der Waals surface area contributed by atoms with E-state index in [4.69, 9.17) is 14.9 Å². The highest BCUT2D eigenvalue weighted by atomic mass is 16.5. The number of nitrogens with two attached hydrogens (primary N) is 1. The van der Waals surface area contributed by atoms with Gasteiger partial charge in [-0.1, -0.05) is 0 Å². The summed E-state index contributed by atoms with van der Waals surface area (Å²) in [4.78, 5) is 27.4. The molecular formula is C19H16N2O4. The zero-order chi connectivity index (χ0) is 18.0. The first kappa shape index (κ1) is 16.4. The van der Waals surface area contributed by atoms with E-state index in [0.29, 0.717) is 28.0 Å². The van der Waals surface area contributed by atoms with Gasteiger partial charge in [-0.2, -0.15) is 0 Å². The Bertz CT molecular complexity index is 1030. The van der Waals surface area contributed by atoms with E-state index in [1.54, 1.807) is 55.6 Å². The summed E-state index contributed by atoms with van der Waals surface area (Å²) in [6.45, 7) is 1.49. The molecule has 0 fully saturated rings. The molecule has 6 heteroatoms. The number of hydrogen-bond acceptors (Lipinski definition) is 5. The molecule has 2 N–H and O–H groups in total. The number of ether oxygens (including phenoxy) is 1. The predicted molar refractivity (Wildman–Crippen MR) is 93.0 cm³/mol. The van der Waals surface area contributed by atoms with Crippen LogP contribution >= 0.6 is 0 Å². The van der Waals surface area contributed by atoms with E-state index < -0.39 is 5.91 Å². The average Bonchev–Trinajstić information content (AvgIpc) is 2.60. The van der Waals surface area contributed by atoms with Crippen LogP contribution in [0.2, 0.25) is 0 Å². The Balaban J connectivity index is 2.19. The third-order valence-corrected chi connectivity index (χ3v) is 3.73. The number of carbonyl (C=O) groups is 2. The van der Waals surface area contributed by atoms with Crippen molar-refractivity contribution < 1.29 is 18.7 Å². The molecule has 0 bridgehead atoms. The first-order chi connectivity index (χ1) is 12.0. The van der Waals surface area contributed by atoms with Crippen LogP contribution in [-0.2, 0) is 0 Å². The van der Waals surface area contributed by atoms with Crippen LogP contribution in [0.4, 0.5) is 5.69 Å². The van der Waals surface area contributed by atoms with E-state index in [1.807, 2.05) is 0 Å². The lowest BCUT2D eigenvalue weighted by atomic mass is 10.1. The highest BCUT2D eigenvalue weighted by Gasteiger charge is 2.10. The fraction of sp³-hybridized carbons (Fsp3) is 0.105. The minimum atomic E-state index is -0.638. The second kappa shape index (κ2) is 6.60. The molecule has 0 saturated heterocycles. The molecule has 25 heavy (non-hydrogen) atoms. The number of amides is 1. The maximum absolute atomic E-state index is 11.8. The van der Waals surface area contributed by atoms with Gasteiger partial charge in [0.05, 0.1) is 12.8 Å². The van der Waals surface area contributed by atoms with Gasteiger partial charge in [-0.15, -0.1) is 0 Å².